The van der Waals surface area contributed by atoms with Crippen molar-refractivity contribution in [1.29, 1.82) is 4.78 Å². The van der Waals surface area contributed by atoms with E-state index in [9.17, 15) is 4.21 Å². The minimum atomic E-state index is -2.60. The van der Waals surface area contributed by atoms with Gasteiger partial charge < -0.3 is 0 Å². The number of rotatable bonds is 2. The van der Waals surface area contributed by atoms with E-state index in [0.717, 1.165) is 30.1 Å². The quantitative estimate of drug-likeness (QED) is 0.862. The van der Waals surface area contributed by atoms with E-state index in [1.807, 2.05) is 24.3 Å². The normalized spacial score (nSPS) is 33.2. The molecular formula is C15H21NOS. The lowest BCUT2D eigenvalue weighted by Gasteiger charge is -2.61. The Kier molecular flexibility index (Phi) is 2.30. The predicted octanol–water partition coefficient (Wildman–Crippen LogP) is 3.94. The maximum Gasteiger partial charge on any atom is 0.0784 e. The van der Waals surface area contributed by atoms with Crippen molar-refractivity contribution in [2.75, 3.05) is 0 Å². The van der Waals surface area contributed by atoms with Crippen LogP contribution in [0, 0.1) is 10.7 Å². The second-order valence-corrected chi connectivity index (χ2v) is 9.44. The fraction of sp³-hybridized carbons (Fsp3) is 0.600. The van der Waals surface area contributed by atoms with E-state index in [2.05, 4.69) is 20.8 Å². The van der Waals surface area contributed by atoms with Gasteiger partial charge in [-0.3, -0.25) is 0 Å². The maximum atomic E-state index is 12.8. The molecule has 2 bridgehead atoms. The van der Waals surface area contributed by atoms with Crippen LogP contribution in [0.25, 0.3) is 0 Å². The largest absolute Gasteiger partial charge is 0.248 e. The van der Waals surface area contributed by atoms with E-state index >= 15 is 0 Å². The number of benzene rings is 1. The zero-order valence-corrected chi connectivity index (χ0v) is 12.1. The molecule has 98 valence electrons. The van der Waals surface area contributed by atoms with Gasteiger partial charge in [0, 0.05) is 4.90 Å². The van der Waals surface area contributed by atoms with Gasteiger partial charge in [-0.25, -0.2) is 8.99 Å². The maximum absolute atomic E-state index is 12.8. The SMILES string of the molecule is CC(C)(C)c1ccc(S(=N)(=O)C23CC(C2)C3)cc1. The molecule has 0 aromatic heterocycles. The Bertz CT molecular complexity index is 561. The molecule has 0 saturated heterocycles. The molecular weight excluding hydrogens is 242 g/mol. The van der Waals surface area contributed by atoms with Gasteiger partial charge >= 0.3 is 0 Å². The lowest BCUT2D eigenvalue weighted by molar-refractivity contribution is 0.0512. The highest BCUT2D eigenvalue weighted by Crippen LogP contribution is 2.63. The number of nitrogens with one attached hydrogen (secondary N) is 1. The molecule has 4 rings (SSSR count). The second kappa shape index (κ2) is 3.38. The molecule has 1 unspecified atom stereocenters. The Hall–Kier alpha value is -0.830. The lowest BCUT2D eigenvalue weighted by Crippen LogP contribution is -2.62. The van der Waals surface area contributed by atoms with Gasteiger partial charge in [-0.1, -0.05) is 32.9 Å². The number of hydrogen-bond acceptors (Lipinski definition) is 2. The van der Waals surface area contributed by atoms with E-state index < -0.39 is 9.73 Å². The van der Waals surface area contributed by atoms with Gasteiger partial charge in [0.2, 0.25) is 0 Å². The Morgan fingerprint density at radius 3 is 2.00 bits per heavy atom. The predicted molar refractivity (Wildman–Crippen MR) is 74.3 cm³/mol. The molecule has 2 nitrogen and oxygen atoms in total. The summed E-state index contributed by atoms with van der Waals surface area (Å²) in [4.78, 5) is 0.730. The first kappa shape index (κ1) is 12.2. The summed E-state index contributed by atoms with van der Waals surface area (Å²) in [7, 11) is -2.60. The topological polar surface area (TPSA) is 40.9 Å². The summed E-state index contributed by atoms with van der Waals surface area (Å²) in [6.07, 6.45) is 3.03. The molecule has 0 aliphatic heterocycles. The first-order chi connectivity index (χ1) is 8.25. The van der Waals surface area contributed by atoms with E-state index in [0.29, 0.717) is 0 Å². The van der Waals surface area contributed by atoms with Crippen LogP contribution in [0.2, 0.25) is 0 Å². The third-order valence-corrected chi connectivity index (χ3v) is 7.30. The van der Waals surface area contributed by atoms with Gasteiger partial charge in [0.05, 0.1) is 14.5 Å². The van der Waals surface area contributed by atoms with Crippen LogP contribution in [0.3, 0.4) is 0 Å². The van der Waals surface area contributed by atoms with Crippen LogP contribution in [0.1, 0.15) is 45.6 Å². The average molecular weight is 263 g/mol. The van der Waals surface area contributed by atoms with Crippen molar-refractivity contribution < 1.29 is 4.21 Å². The third-order valence-electron chi connectivity index (χ3n) is 4.64. The molecule has 3 aliphatic rings. The van der Waals surface area contributed by atoms with Gasteiger partial charge in [0.15, 0.2) is 0 Å². The third kappa shape index (κ3) is 1.49. The minimum absolute atomic E-state index is 0.109. The number of hydrogen-bond donors (Lipinski definition) is 1. The fourth-order valence-electron chi connectivity index (χ4n) is 3.15. The Morgan fingerprint density at radius 2 is 1.67 bits per heavy atom. The first-order valence-electron chi connectivity index (χ1n) is 6.64. The molecule has 0 spiro atoms. The van der Waals surface area contributed by atoms with E-state index in [-0.39, 0.29) is 10.2 Å². The molecule has 3 heteroatoms. The summed E-state index contributed by atoms with van der Waals surface area (Å²) in [5.74, 6) is 0.769. The second-order valence-electron chi connectivity index (χ2n) is 6.99. The van der Waals surface area contributed by atoms with Crippen LogP contribution in [0.5, 0.6) is 0 Å². The van der Waals surface area contributed by atoms with Crippen LogP contribution < -0.4 is 0 Å². The first-order valence-corrected chi connectivity index (χ1v) is 8.19. The average Bonchev–Trinajstić information content (AvgIpc) is 2.10. The van der Waals surface area contributed by atoms with Crippen LogP contribution in [0.4, 0.5) is 0 Å². The van der Waals surface area contributed by atoms with Gasteiger partial charge in [-0.05, 0) is 48.3 Å². The van der Waals surface area contributed by atoms with Gasteiger partial charge in [0.25, 0.3) is 0 Å². The summed E-state index contributed by atoms with van der Waals surface area (Å²) in [5.41, 5.74) is 1.34. The molecule has 3 fully saturated rings. The summed E-state index contributed by atoms with van der Waals surface area (Å²) < 4.78 is 20.9. The van der Waals surface area contributed by atoms with Crippen molar-refractivity contribution in [2.45, 2.75) is 55.1 Å². The van der Waals surface area contributed by atoms with Gasteiger partial charge in [0.1, 0.15) is 0 Å². The Labute approximate surface area is 110 Å². The van der Waals surface area contributed by atoms with Crippen LogP contribution in [-0.2, 0) is 15.1 Å². The molecule has 1 aromatic carbocycles. The standard InChI is InChI=1S/C15H21NOS/c1-14(2,3)12-4-6-13(7-5-12)18(16,17)15-8-11(9-15)10-15/h4-7,11,16H,8-10H2,1-3H3. The smallest absolute Gasteiger partial charge is 0.0784 e. The van der Waals surface area contributed by atoms with Crippen molar-refractivity contribution in [1.82, 2.24) is 0 Å². The summed E-state index contributed by atoms with van der Waals surface area (Å²) in [5, 5.41) is 0. The molecule has 0 radical (unpaired) electrons. The van der Waals surface area contributed by atoms with Crippen molar-refractivity contribution in [2.24, 2.45) is 5.92 Å². The van der Waals surface area contributed by atoms with Crippen LogP contribution in [0.15, 0.2) is 29.2 Å². The molecule has 3 aliphatic carbocycles. The minimum Gasteiger partial charge on any atom is -0.248 e. The molecule has 18 heavy (non-hydrogen) atoms. The molecule has 1 N–H and O–H groups in total. The Balaban J connectivity index is 1.94. The highest BCUT2D eigenvalue weighted by atomic mass is 32.2. The van der Waals surface area contributed by atoms with Crippen molar-refractivity contribution >= 4 is 9.73 Å². The zero-order chi connectivity index (χ0) is 13.2. The molecule has 0 amide bonds. The van der Waals surface area contributed by atoms with E-state index in [4.69, 9.17) is 4.78 Å². The van der Waals surface area contributed by atoms with Crippen molar-refractivity contribution in [3.63, 3.8) is 0 Å². The highest BCUT2D eigenvalue weighted by molar-refractivity contribution is 7.94. The zero-order valence-electron chi connectivity index (χ0n) is 11.3. The van der Waals surface area contributed by atoms with Crippen LogP contribution in [-0.4, -0.2) is 8.96 Å². The molecule has 1 aromatic rings. The molecule has 0 heterocycles. The summed E-state index contributed by atoms with van der Waals surface area (Å²) in [6.45, 7) is 6.50. The molecule has 3 saturated carbocycles. The highest BCUT2D eigenvalue weighted by Gasteiger charge is 2.62. The lowest BCUT2D eigenvalue weighted by atomic mass is 9.55. The summed E-state index contributed by atoms with van der Waals surface area (Å²) >= 11 is 0. The Morgan fingerprint density at radius 1 is 1.17 bits per heavy atom. The monoisotopic (exact) mass is 263 g/mol. The summed E-state index contributed by atoms with van der Waals surface area (Å²) in [6, 6.07) is 7.90. The fourth-order valence-corrected chi connectivity index (χ4v) is 5.58. The van der Waals surface area contributed by atoms with Crippen molar-refractivity contribution in [3.8, 4) is 0 Å². The van der Waals surface area contributed by atoms with E-state index in [1.165, 1.54) is 5.56 Å². The van der Waals surface area contributed by atoms with Crippen molar-refractivity contribution in [3.05, 3.63) is 29.8 Å². The van der Waals surface area contributed by atoms with E-state index in [1.54, 1.807) is 0 Å². The molecule has 1 atom stereocenters. The van der Waals surface area contributed by atoms with Gasteiger partial charge in [-0.15, -0.1) is 0 Å². The van der Waals surface area contributed by atoms with Gasteiger partial charge in [-0.2, -0.15) is 0 Å². The van der Waals surface area contributed by atoms with Crippen LogP contribution >= 0.6 is 0 Å².